The summed E-state index contributed by atoms with van der Waals surface area (Å²) in [7, 11) is 0. The van der Waals surface area contributed by atoms with Crippen LogP contribution in [0.3, 0.4) is 0 Å². The van der Waals surface area contributed by atoms with Crippen LogP contribution in [0.25, 0.3) is 17.3 Å². The number of nitriles is 1. The molecule has 0 unspecified atom stereocenters. The van der Waals surface area contributed by atoms with Crippen molar-refractivity contribution in [3.05, 3.63) is 87.7 Å². The topological polar surface area (TPSA) is 28.7 Å². The fraction of sp³-hybridized carbons (Fsp3) is 0.240. The number of hydrogen-bond donors (Lipinski definition) is 0. The fourth-order valence-electron chi connectivity index (χ4n) is 3.43. The van der Waals surface area contributed by atoms with E-state index in [1.54, 1.807) is 0 Å². The van der Waals surface area contributed by atoms with Crippen molar-refractivity contribution in [2.45, 2.75) is 40.0 Å². The van der Waals surface area contributed by atoms with Gasteiger partial charge in [-0.1, -0.05) is 56.6 Å². The molecular weight excluding hydrogens is 364 g/mol. The summed E-state index contributed by atoms with van der Waals surface area (Å²) >= 11 is 6.09. The lowest BCUT2D eigenvalue weighted by Crippen LogP contribution is -2.11. The van der Waals surface area contributed by atoms with Gasteiger partial charge in [-0.2, -0.15) is 5.26 Å². The lowest BCUT2D eigenvalue weighted by molar-refractivity contribution is 0.590. The van der Waals surface area contributed by atoms with Crippen molar-refractivity contribution in [1.29, 1.82) is 5.26 Å². The van der Waals surface area contributed by atoms with Gasteiger partial charge in [0.25, 0.3) is 0 Å². The minimum atomic E-state index is 0.131. The molecule has 28 heavy (non-hydrogen) atoms. The van der Waals surface area contributed by atoms with E-state index in [1.165, 1.54) is 5.56 Å². The highest BCUT2D eigenvalue weighted by Gasteiger charge is 2.15. The zero-order valence-corrected chi connectivity index (χ0v) is 17.8. The van der Waals surface area contributed by atoms with Gasteiger partial charge in [-0.3, -0.25) is 0 Å². The third-order valence-corrected chi connectivity index (χ3v) is 5.25. The summed E-state index contributed by atoms with van der Waals surface area (Å²) in [4.78, 5) is 0. The van der Waals surface area contributed by atoms with Crippen LogP contribution in [0.5, 0.6) is 0 Å². The molecule has 0 bridgehead atoms. The number of hydrogen-bond acceptors (Lipinski definition) is 1. The van der Waals surface area contributed by atoms with Gasteiger partial charge < -0.3 is 4.57 Å². The summed E-state index contributed by atoms with van der Waals surface area (Å²) in [6, 6.07) is 20.5. The Kier molecular flexibility index (Phi) is 5.49. The maximum atomic E-state index is 9.65. The molecule has 3 heteroatoms. The maximum Gasteiger partial charge on any atom is 0.0998 e. The quantitative estimate of drug-likeness (QED) is 0.439. The average Bonchev–Trinajstić information content (AvgIpc) is 2.92. The van der Waals surface area contributed by atoms with Crippen molar-refractivity contribution < 1.29 is 0 Å². The molecule has 0 aliphatic rings. The molecule has 3 rings (SSSR count). The molecule has 0 atom stereocenters. The first-order valence-corrected chi connectivity index (χ1v) is 9.76. The lowest BCUT2D eigenvalue weighted by Gasteiger charge is -2.20. The van der Waals surface area contributed by atoms with Crippen molar-refractivity contribution in [2.75, 3.05) is 0 Å². The number of aromatic nitrogens is 1. The zero-order valence-electron chi connectivity index (χ0n) is 17.0. The number of benzene rings is 2. The Bertz CT molecular complexity index is 1070. The van der Waals surface area contributed by atoms with Crippen LogP contribution in [0.2, 0.25) is 5.02 Å². The molecule has 2 nitrogen and oxygen atoms in total. The molecule has 0 radical (unpaired) electrons. The van der Waals surface area contributed by atoms with Gasteiger partial charge in [0, 0.05) is 22.1 Å². The number of halogens is 1. The van der Waals surface area contributed by atoms with Gasteiger partial charge in [0.2, 0.25) is 0 Å². The van der Waals surface area contributed by atoms with Crippen LogP contribution in [0, 0.1) is 25.2 Å². The van der Waals surface area contributed by atoms with Crippen molar-refractivity contribution in [3.63, 3.8) is 0 Å². The molecule has 142 valence electrons. The molecular formula is C25H25ClN2. The van der Waals surface area contributed by atoms with Gasteiger partial charge in [-0.15, -0.1) is 0 Å². The van der Waals surface area contributed by atoms with Crippen molar-refractivity contribution >= 4 is 23.3 Å². The molecule has 1 heterocycles. The van der Waals surface area contributed by atoms with Gasteiger partial charge in [-0.25, -0.2) is 0 Å². The van der Waals surface area contributed by atoms with E-state index in [9.17, 15) is 5.26 Å². The van der Waals surface area contributed by atoms with Gasteiger partial charge in [0.1, 0.15) is 0 Å². The van der Waals surface area contributed by atoms with Gasteiger partial charge in [-0.05, 0) is 72.4 Å². The Labute approximate surface area is 172 Å². The van der Waals surface area contributed by atoms with Gasteiger partial charge in [0.05, 0.1) is 11.6 Å². The second-order valence-electron chi connectivity index (χ2n) is 8.14. The fourth-order valence-corrected chi connectivity index (χ4v) is 3.62. The maximum absolute atomic E-state index is 9.65. The van der Waals surface area contributed by atoms with Gasteiger partial charge in [0.15, 0.2) is 0 Å². The van der Waals surface area contributed by atoms with Crippen LogP contribution < -0.4 is 0 Å². The first-order valence-electron chi connectivity index (χ1n) is 9.38. The SMILES string of the molecule is Cc1cc(/C=C(/C#N)c2cccc(Cl)c2)c(C)n1-c1ccc(C(C)(C)C)cc1. The third kappa shape index (κ3) is 4.06. The number of allylic oxidation sites excluding steroid dienone is 1. The summed E-state index contributed by atoms with van der Waals surface area (Å²) in [6.07, 6.45) is 1.94. The van der Waals surface area contributed by atoms with Crippen molar-refractivity contribution in [2.24, 2.45) is 0 Å². The second kappa shape index (κ2) is 7.70. The molecule has 0 N–H and O–H groups in total. The summed E-state index contributed by atoms with van der Waals surface area (Å²) in [5, 5.41) is 10.3. The molecule has 0 saturated carbocycles. The summed E-state index contributed by atoms with van der Waals surface area (Å²) < 4.78 is 2.23. The van der Waals surface area contributed by atoms with E-state index >= 15 is 0 Å². The normalized spacial score (nSPS) is 12.1. The highest BCUT2D eigenvalue weighted by atomic mass is 35.5. The molecule has 0 fully saturated rings. The number of rotatable bonds is 3. The Hall–Kier alpha value is -2.76. The van der Waals surface area contributed by atoms with Crippen LogP contribution >= 0.6 is 11.6 Å². The first-order chi connectivity index (χ1) is 13.2. The second-order valence-corrected chi connectivity index (χ2v) is 8.58. The standard InChI is InChI=1S/C25H25ClN2/c1-17-13-20(14-21(16-27)19-7-6-8-23(26)15-19)18(2)28(17)24-11-9-22(10-12-24)25(3,4)5/h6-15H,1-5H3/b21-14-. The minimum Gasteiger partial charge on any atom is -0.318 e. The Morgan fingerprint density at radius 3 is 2.29 bits per heavy atom. The molecule has 0 saturated heterocycles. The minimum absolute atomic E-state index is 0.131. The molecule has 0 amide bonds. The van der Waals surface area contributed by atoms with E-state index in [1.807, 2.05) is 30.3 Å². The van der Waals surface area contributed by atoms with E-state index in [-0.39, 0.29) is 5.41 Å². The molecule has 0 spiro atoms. The first kappa shape index (κ1) is 20.0. The highest BCUT2D eigenvalue weighted by molar-refractivity contribution is 6.30. The summed E-state index contributed by atoms with van der Waals surface area (Å²) in [5.74, 6) is 0. The summed E-state index contributed by atoms with van der Waals surface area (Å²) in [6.45, 7) is 10.8. The summed E-state index contributed by atoms with van der Waals surface area (Å²) in [5.41, 5.74) is 7.28. The monoisotopic (exact) mass is 388 g/mol. The van der Waals surface area contributed by atoms with Crippen LogP contribution in [0.15, 0.2) is 54.6 Å². The Morgan fingerprint density at radius 2 is 1.71 bits per heavy atom. The molecule has 2 aromatic carbocycles. The van der Waals surface area contributed by atoms with Crippen molar-refractivity contribution in [1.82, 2.24) is 4.57 Å². The third-order valence-electron chi connectivity index (χ3n) is 5.02. The van der Waals surface area contributed by atoms with E-state index in [2.05, 4.69) is 75.6 Å². The predicted octanol–water partition coefficient (Wildman–Crippen LogP) is 7.11. The smallest absolute Gasteiger partial charge is 0.0998 e. The largest absolute Gasteiger partial charge is 0.318 e. The van der Waals surface area contributed by atoms with Crippen LogP contribution in [-0.4, -0.2) is 4.57 Å². The molecule has 3 aromatic rings. The van der Waals surface area contributed by atoms with E-state index in [4.69, 9.17) is 11.6 Å². The molecule has 0 aliphatic carbocycles. The van der Waals surface area contributed by atoms with Crippen LogP contribution in [-0.2, 0) is 5.41 Å². The van der Waals surface area contributed by atoms with E-state index in [0.29, 0.717) is 10.6 Å². The molecule has 0 aliphatic heterocycles. The zero-order chi connectivity index (χ0) is 20.5. The molecule has 1 aromatic heterocycles. The van der Waals surface area contributed by atoms with Crippen molar-refractivity contribution in [3.8, 4) is 11.8 Å². The lowest BCUT2D eigenvalue weighted by atomic mass is 9.87. The average molecular weight is 389 g/mol. The van der Waals surface area contributed by atoms with E-state index in [0.717, 1.165) is 28.2 Å². The highest BCUT2D eigenvalue weighted by Crippen LogP contribution is 2.28. The predicted molar refractivity (Wildman–Crippen MR) is 119 cm³/mol. The van der Waals surface area contributed by atoms with Gasteiger partial charge >= 0.3 is 0 Å². The Balaban J connectivity index is 2.04. The van der Waals surface area contributed by atoms with Crippen LogP contribution in [0.1, 0.15) is 48.8 Å². The number of nitrogens with zero attached hydrogens (tertiary/aromatic N) is 2. The van der Waals surface area contributed by atoms with Crippen LogP contribution in [0.4, 0.5) is 0 Å². The Morgan fingerprint density at radius 1 is 1.04 bits per heavy atom. The van der Waals surface area contributed by atoms with E-state index < -0.39 is 0 Å². The number of aryl methyl sites for hydroxylation is 1.